The zero-order valence-corrected chi connectivity index (χ0v) is 8.71. The first-order chi connectivity index (χ1) is 7.06. The summed E-state index contributed by atoms with van der Waals surface area (Å²) in [5, 5.41) is 0. The van der Waals surface area contributed by atoms with Gasteiger partial charge in [0.25, 0.3) is 0 Å². The number of aldehydes is 1. The van der Waals surface area contributed by atoms with Gasteiger partial charge in [0, 0.05) is 24.1 Å². The van der Waals surface area contributed by atoms with E-state index in [2.05, 4.69) is 0 Å². The van der Waals surface area contributed by atoms with Crippen LogP contribution in [0, 0.1) is 11.6 Å². The van der Waals surface area contributed by atoms with Crippen LogP contribution in [-0.2, 0) is 4.79 Å². The van der Waals surface area contributed by atoms with Crippen LogP contribution in [0.3, 0.4) is 0 Å². The summed E-state index contributed by atoms with van der Waals surface area (Å²) in [5.41, 5.74) is 0.341. The largest absolute Gasteiger partial charge is 0.303 e. The van der Waals surface area contributed by atoms with Crippen LogP contribution in [0.2, 0.25) is 0 Å². The molecule has 1 aromatic rings. The van der Waals surface area contributed by atoms with E-state index in [1.54, 1.807) is 19.0 Å². The first-order valence-electron chi connectivity index (χ1n) is 4.61. The van der Waals surface area contributed by atoms with E-state index in [-0.39, 0.29) is 12.5 Å². The maximum absolute atomic E-state index is 13.4. The Morgan fingerprint density at radius 2 is 2.07 bits per heavy atom. The molecule has 0 amide bonds. The fourth-order valence-electron chi connectivity index (χ4n) is 1.48. The third-order valence-electron chi connectivity index (χ3n) is 2.26. The quantitative estimate of drug-likeness (QED) is 0.714. The molecule has 0 fully saturated rings. The summed E-state index contributed by atoms with van der Waals surface area (Å²) in [6.45, 7) is 0. The zero-order chi connectivity index (χ0) is 11.4. The highest BCUT2D eigenvalue weighted by molar-refractivity contribution is 5.51. The lowest BCUT2D eigenvalue weighted by Crippen LogP contribution is -2.21. The lowest BCUT2D eigenvalue weighted by Gasteiger charge is -2.23. The predicted molar refractivity (Wildman–Crippen MR) is 53.5 cm³/mol. The Kier molecular flexibility index (Phi) is 3.91. The minimum Gasteiger partial charge on any atom is -0.303 e. The molecule has 15 heavy (non-hydrogen) atoms. The Morgan fingerprint density at radius 3 is 2.53 bits per heavy atom. The molecule has 4 heteroatoms. The molecule has 0 saturated carbocycles. The van der Waals surface area contributed by atoms with E-state index in [1.807, 2.05) is 0 Å². The van der Waals surface area contributed by atoms with E-state index < -0.39 is 11.6 Å². The van der Waals surface area contributed by atoms with Crippen LogP contribution in [0.5, 0.6) is 0 Å². The predicted octanol–water partition coefficient (Wildman–Crippen LogP) is 2.16. The van der Waals surface area contributed by atoms with Crippen LogP contribution < -0.4 is 0 Å². The van der Waals surface area contributed by atoms with Gasteiger partial charge in [-0.05, 0) is 20.2 Å². The van der Waals surface area contributed by atoms with Gasteiger partial charge in [-0.3, -0.25) is 0 Å². The van der Waals surface area contributed by atoms with Crippen LogP contribution in [0.1, 0.15) is 18.0 Å². The van der Waals surface area contributed by atoms with Crippen molar-refractivity contribution in [2.75, 3.05) is 14.1 Å². The van der Waals surface area contributed by atoms with Crippen LogP contribution >= 0.6 is 0 Å². The van der Waals surface area contributed by atoms with Crippen molar-refractivity contribution in [1.29, 1.82) is 0 Å². The maximum atomic E-state index is 13.4. The molecular formula is C11H13F2NO. The molecule has 0 N–H and O–H groups in total. The average molecular weight is 213 g/mol. The van der Waals surface area contributed by atoms with E-state index in [1.165, 1.54) is 12.1 Å². The number of hydrogen-bond acceptors (Lipinski definition) is 2. The van der Waals surface area contributed by atoms with Gasteiger partial charge in [0.2, 0.25) is 0 Å². The van der Waals surface area contributed by atoms with Crippen LogP contribution in [0.25, 0.3) is 0 Å². The molecule has 0 aliphatic heterocycles. The SMILES string of the molecule is CN(C)C(CC=O)c1ccc(F)cc1F. The Hall–Kier alpha value is -1.29. The number of rotatable bonds is 4. The summed E-state index contributed by atoms with van der Waals surface area (Å²) in [6.07, 6.45) is 0.920. The van der Waals surface area contributed by atoms with Crippen molar-refractivity contribution >= 4 is 6.29 Å². The zero-order valence-electron chi connectivity index (χ0n) is 8.71. The maximum Gasteiger partial charge on any atom is 0.130 e. The van der Waals surface area contributed by atoms with E-state index in [4.69, 9.17) is 0 Å². The van der Waals surface area contributed by atoms with Crippen molar-refractivity contribution in [2.24, 2.45) is 0 Å². The lowest BCUT2D eigenvalue weighted by molar-refractivity contribution is -0.108. The molecule has 1 aromatic carbocycles. The van der Waals surface area contributed by atoms with Gasteiger partial charge in [-0.2, -0.15) is 0 Å². The summed E-state index contributed by atoms with van der Waals surface area (Å²) in [7, 11) is 3.49. The van der Waals surface area contributed by atoms with E-state index in [0.29, 0.717) is 5.56 Å². The molecule has 0 aliphatic rings. The number of nitrogens with zero attached hydrogens (tertiary/aromatic N) is 1. The molecule has 0 aliphatic carbocycles. The third-order valence-corrected chi connectivity index (χ3v) is 2.26. The summed E-state index contributed by atoms with van der Waals surface area (Å²) in [6, 6.07) is 3.05. The molecule has 2 nitrogen and oxygen atoms in total. The van der Waals surface area contributed by atoms with Gasteiger partial charge in [-0.15, -0.1) is 0 Å². The van der Waals surface area contributed by atoms with Crippen molar-refractivity contribution in [1.82, 2.24) is 4.90 Å². The van der Waals surface area contributed by atoms with Crippen molar-refractivity contribution in [2.45, 2.75) is 12.5 Å². The second kappa shape index (κ2) is 4.98. The number of hydrogen-bond donors (Lipinski definition) is 0. The monoisotopic (exact) mass is 213 g/mol. The van der Waals surface area contributed by atoms with Crippen molar-refractivity contribution in [3.63, 3.8) is 0 Å². The standard InChI is InChI=1S/C11H13F2NO/c1-14(2)11(5-6-15)9-4-3-8(12)7-10(9)13/h3-4,6-7,11H,5H2,1-2H3. The van der Waals surface area contributed by atoms with Crippen LogP contribution in [0.15, 0.2) is 18.2 Å². The smallest absolute Gasteiger partial charge is 0.130 e. The first kappa shape index (κ1) is 11.8. The van der Waals surface area contributed by atoms with E-state index >= 15 is 0 Å². The van der Waals surface area contributed by atoms with E-state index in [9.17, 15) is 13.6 Å². The molecule has 0 bridgehead atoms. The van der Waals surface area contributed by atoms with Crippen molar-refractivity contribution in [3.05, 3.63) is 35.4 Å². The van der Waals surface area contributed by atoms with Gasteiger partial charge < -0.3 is 9.69 Å². The number of carbonyl (C=O) groups excluding carboxylic acids is 1. The Morgan fingerprint density at radius 1 is 1.40 bits per heavy atom. The van der Waals surface area contributed by atoms with Gasteiger partial charge in [0.1, 0.15) is 17.9 Å². The highest BCUT2D eigenvalue weighted by Gasteiger charge is 2.17. The molecule has 82 valence electrons. The summed E-state index contributed by atoms with van der Waals surface area (Å²) in [4.78, 5) is 12.2. The van der Waals surface area contributed by atoms with Gasteiger partial charge in [0.05, 0.1) is 0 Å². The molecular weight excluding hydrogens is 200 g/mol. The Balaban J connectivity index is 3.05. The van der Waals surface area contributed by atoms with E-state index in [0.717, 1.165) is 12.4 Å². The summed E-state index contributed by atoms with van der Waals surface area (Å²) < 4.78 is 26.1. The summed E-state index contributed by atoms with van der Waals surface area (Å²) in [5.74, 6) is -1.23. The Bertz CT molecular complexity index is 352. The fourth-order valence-corrected chi connectivity index (χ4v) is 1.48. The normalized spacial score (nSPS) is 12.9. The average Bonchev–Trinajstić information content (AvgIpc) is 2.15. The van der Waals surface area contributed by atoms with Crippen molar-refractivity contribution < 1.29 is 13.6 Å². The van der Waals surface area contributed by atoms with Gasteiger partial charge in [-0.25, -0.2) is 8.78 Å². The molecule has 0 spiro atoms. The van der Waals surface area contributed by atoms with Gasteiger partial charge in [0.15, 0.2) is 0 Å². The van der Waals surface area contributed by atoms with Crippen LogP contribution in [0.4, 0.5) is 8.78 Å². The molecule has 1 rings (SSSR count). The highest BCUT2D eigenvalue weighted by Crippen LogP contribution is 2.24. The minimum atomic E-state index is -0.615. The molecule has 1 atom stereocenters. The fraction of sp³-hybridized carbons (Fsp3) is 0.364. The highest BCUT2D eigenvalue weighted by atomic mass is 19.1. The number of halogens is 2. The second-order valence-electron chi connectivity index (χ2n) is 3.55. The number of benzene rings is 1. The second-order valence-corrected chi connectivity index (χ2v) is 3.55. The molecule has 0 radical (unpaired) electrons. The molecule has 0 aromatic heterocycles. The van der Waals surface area contributed by atoms with Crippen LogP contribution in [-0.4, -0.2) is 25.3 Å². The topological polar surface area (TPSA) is 20.3 Å². The minimum absolute atomic E-state index is 0.190. The summed E-state index contributed by atoms with van der Waals surface area (Å²) >= 11 is 0. The first-order valence-corrected chi connectivity index (χ1v) is 4.61. The van der Waals surface area contributed by atoms with Gasteiger partial charge in [-0.1, -0.05) is 6.07 Å². The molecule has 0 heterocycles. The third kappa shape index (κ3) is 2.83. The van der Waals surface area contributed by atoms with Crippen molar-refractivity contribution in [3.8, 4) is 0 Å². The Labute approximate surface area is 87.5 Å². The van der Waals surface area contributed by atoms with Gasteiger partial charge >= 0.3 is 0 Å². The molecule has 0 saturated heterocycles. The number of carbonyl (C=O) groups is 1. The molecule has 1 unspecified atom stereocenters. The lowest BCUT2D eigenvalue weighted by atomic mass is 10.0.